The van der Waals surface area contributed by atoms with E-state index in [0.717, 1.165) is 4.57 Å². The van der Waals surface area contributed by atoms with Gasteiger partial charge in [0.1, 0.15) is 5.52 Å². The number of fused-ring (bicyclic) bond motifs is 1. The summed E-state index contributed by atoms with van der Waals surface area (Å²) in [6, 6.07) is 0. The molecule has 2 aromatic rings. The van der Waals surface area contributed by atoms with Gasteiger partial charge in [-0.3, -0.25) is 13.9 Å². The molecule has 2 N–H and O–H groups in total. The van der Waals surface area contributed by atoms with Crippen LogP contribution in [0.2, 0.25) is 6.55 Å². The molecule has 0 atom stereocenters. The number of hydrogen-bond donors (Lipinski definition) is 2. The number of imidazole rings is 1. The van der Waals surface area contributed by atoms with E-state index in [9.17, 15) is 9.59 Å². The molecule has 0 fully saturated rings. The van der Waals surface area contributed by atoms with Gasteiger partial charge in [-0.1, -0.05) is 6.55 Å². The highest BCUT2D eigenvalue weighted by molar-refractivity contribution is 6.22. The number of aryl methyl sites for hydroxylation is 1. The van der Waals surface area contributed by atoms with E-state index in [1.807, 2.05) is 6.55 Å². The Hall–Kier alpha value is -1.67. The SMILES string of the molecule is C[SiH2]O.Cn1c(=O)c2[nH]cnc2n(C)c1=O. The topological polar surface area (TPSA) is 92.9 Å². The summed E-state index contributed by atoms with van der Waals surface area (Å²) in [6.45, 7) is 1.82. The summed E-state index contributed by atoms with van der Waals surface area (Å²) in [4.78, 5) is 37.1. The molecule has 2 aromatic heterocycles. The summed E-state index contributed by atoms with van der Waals surface area (Å²) >= 11 is 0. The fraction of sp³-hybridized carbons (Fsp3) is 0.375. The van der Waals surface area contributed by atoms with Crippen LogP contribution >= 0.6 is 0 Å². The summed E-state index contributed by atoms with van der Waals surface area (Å²) in [5, 5.41) is 0. The number of H-pyrrole nitrogens is 1. The smallest absolute Gasteiger partial charge is 0.332 e. The number of nitrogens with zero attached hydrogens (tertiary/aromatic N) is 3. The lowest BCUT2D eigenvalue weighted by atomic mass is 10.5. The molecule has 7 nitrogen and oxygen atoms in total. The second kappa shape index (κ2) is 4.90. The van der Waals surface area contributed by atoms with Crippen molar-refractivity contribution in [2.75, 3.05) is 0 Å². The van der Waals surface area contributed by atoms with Crippen molar-refractivity contribution >= 4 is 20.9 Å². The van der Waals surface area contributed by atoms with Crippen molar-refractivity contribution < 1.29 is 4.80 Å². The van der Waals surface area contributed by atoms with Crippen molar-refractivity contribution in [1.29, 1.82) is 0 Å². The third-order valence-corrected chi connectivity index (χ3v) is 2.03. The average Bonchev–Trinajstić information content (AvgIpc) is 2.73. The van der Waals surface area contributed by atoms with Gasteiger partial charge in [-0.25, -0.2) is 9.78 Å². The molecular weight excluding hydrogens is 228 g/mol. The first-order chi connectivity index (χ1) is 7.54. The molecule has 0 aromatic carbocycles. The van der Waals surface area contributed by atoms with Crippen molar-refractivity contribution in [3.05, 3.63) is 27.2 Å². The Balaban J connectivity index is 0.000000386. The first-order valence-corrected chi connectivity index (χ1v) is 6.79. The monoisotopic (exact) mass is 242 g/mol. The third kappa shape index (κ3) is 1.97. The number of hydrogen-bond acceptors (Lipinski definition) is 4. The van der Waals surface area contributed by atoms with Gasteiger partial charge in [0.05, 0.1) is 6.33 Å². The molecule has 88 valence electrons. The van der Waals surface area contributed by atoms with Crippen molar-refractivity contribution in [1.82, 2.24) is 19.1 Å². The zero-order valence-corrected chi connectivity index (χ0v) is 10.8. The Morgan fingerprint density at radius 3 is 2.50 bits per heavy atom. The maximum atomic E-state index is 11.4. The molecule has 0 aliphatic heterocycles. The molecule has 2 rings (SSSR count). The van der Waals surface area contributed by atoms with E-state index in [4.69, 9.17) is 4.80 Å². The summed E-state index contributed by atoms with van der Waals surface area (Å²) in [6.07, 6.45) is 1.39. The van der Waals surface area contributed by atoms with Gasteiger partial charge in [0.2, 0.25) is 0 Å². The molecule has 2 heterocycles. The lowest BCUT2D eigenvalue weighted by molar-refractivity contribution is 0.610. The molecule has 0 saturated heterocycles. The Bertz CT molecular complexity index is 597. The lowest BCUT2D eigenvalue weighted by Gasteiger charge is -2.00. The maximum absolute atomic E-state index is 11.4. The highest BCUT2D eigenvalue weighted by Crippen LogP contribution is 1.97. The Labute approximate surface area is 93.3 Å². The molecule has 0 spiro atoms. The summed E-state index contributed by atoms with van der Waals surface area (Å²) in [7, 11) is 2.43. The number of aromatic nitrogens is 4. The van der Waals surface area contributed by atoms with Crippen LogP contribution in [-0.4, -0.2) is 33.7 Å². The van der Waals surface area contributed by atoms with E-state index in [1.165, 1.54) is 17.9 Å². The highest BCUT2D eigenvalue weighted by Gasteiger charge is 2.08. The van der Waals surface area contributed by atoms with E-state index in [0.29, 0.717) is 11.2 Å². The summed E-state index contributed by atoms with van der Waals surface area (Å²) < 4.78 is 2.37. The van der Waals surface area contributed by atoms with E-state index in [1.54, 1.807) is 7.05 Å². The largest absolute Gasteiger partial charge is 0.438 e. The van der Waals surface area contributed by atoms with Crippen LogP contribution < -0.4 is 11.2 Å². The van der Waals surface area contributed by atoms with Crippen LogP contribution in [-0.2, 0) is 14.1 Å². The van der Waals surface area contributed by atoms with Gasteiger partial charge in [0.25, 0.3) is 5.56 Å². The van der Waals surface area contributed by atoms with Crippen molar-refractivity contribution in [3.63, 3.8) is 0 Å². The van der Waals surface area contributed by atoms with Crippen molar-refractivity contribution in [2.24, 2.45) is 14.1 Å². The van der Waals surface area contributed by atoms with Crippen LogP contribution in [0.15, 0.2) is 15.9 Å². The van der Waals surface area contributed by atoms with E-state index >= 15 is 0 Å². The fourth-order valence-corrected chi connectivity index (χ4v) is 1.27. The Morgan fingerprint density at radius 1 is 1.38 bits per heavy atom. The molecule has 0 amide bonds. The van der Waals surface area contributed by atoms with Gasteiger partial charge in [-0.2, -0.15) is 0 Å². The van der Waals surface area contributed by atoms with Crippen molar-refractivity contribution in [3.8, 4) is 0 Å². The first-order valence-electron chi connectivity index (χ1n) is 4.74. The molecule has 8 heteroatoms. The highest BCUT2D eigenvalue weighted by atomic mass is 28.2. The normalized spacial score (nSPS) is 10.8. The quantitative estimate of drug-likeness (QED) is 0.526. The van der Waals surface area contributed by atoms with E-state index < -0.39 is 9.76 Å². The van der Waals surface area contributed by atoms with Gasteiger partial charge < -0.3 is 9.78 Å². The minimum atomic E-state index is -0.583. The van der Waals surface area contributed by atoms with Crippen molar-refractivity contribution in [2.45, 2.75) is 6.55 Å². The second-order valence-electron chi connectivity index (χ2n) is 3.12. The minimum absolute atomic E-state index is 0.351. The van der Waals surface area contributed by atoms with Gasteiger partial charge >= 0.3 is 5.69 Å². The van der Waals surface area contributed by atoms with Crippen LogP contribution in [0, 0.1) is 0 Å². The standard InChI is InChI=1S/C7H8N4O2.CH6OSi/c1-10-5-4(8-3-9-5)6(12)11(2)7(10)13;1-3-2/h3H,1-2H3,(H,8,9);2H,3H2,1H3. The van der Waals surface area contributed by atoms with Crippen LogP contribution in [0.1, 0.15) is 0 Å². The lowest BCUT2D eigenvalue weighted by Crippen LogP contribution is -2.36. The predicted molar refractivity (Wildman–Crippen MR) is 63.2 cm³/mol. The van der Waals surface area contributed by atoms with Crippen LogP contribution in [0.5, 0.6) is 0 Å². The van der Waals surface area contributed by atoms with Crippen LogP contribution in [0.4, 0.5) is 0 Å². The summed E-state index contributed by atoms with van der Waals surface area (Å²) in [5.74, 6) is 0. The molecule has 0 aliphatic rings. The number of nitrogens with one attached hydrogen (secondary N) is 1. The summed E-state index contributed by atoms with van der Waals surface area (Å²) in [5.41, 5.74) is 0.0119. The van der Waals surface area contributed by atoms with E-state index in [-0.39, 0.29) is 11.2 Å². The third-order valence-electron chi connectivity index (χ3n) is 2.03. The van der Waals surface area contributed by atoms with Crippen LogP contribution in [0.3, 0.4) is 0 Å². The molecule has 0 unspecified atom stereocenters. The van der Waals surface area contributed by atoms with Gasteiger partial charge in [0.15, 0.2) is 15.4 Å². The fourth-order valence-electron chi connectivity index (χ4n) is 1.27. The first kappa shape index (κ1) is 12.4. The minimum Gasteiger partial charge on any atom is -0.438 e. The molecule has 16 heavy (non-hydrogen) atoms. The molecular formula is C8H14N4O3Si. The number of rotatable bonds is 0. The Morgan fingerprint density at radius 2 is 1.94 bits per heavy atom. The van der Waals surface area contributed by atoms with E-state index in [2.05, 4.69) is 9.97 Å². The second-order valence-corrected chi connectivity index (χ2v) is 3.76. The Kier molecular flexibility index (Phi) is 3.80. The zero-order valence-electron chi connectivity index (χ0n) is 9.39. The molecule has 0 saturated carbocycles. The van der Waals surface area contributed by atoms with Gasteiger partial charge in [0, 0.05) is 14.1 Å². The molecule has 0 radical (unpaired) electrons. The number of aromatic amines is 1. The predicted octanol–water partition coefficient (Wildman–Crippen LogP) is -1.93. The van der Waals surface area contributed by atoms with Gasteiger partial charge in [-0.05, 0) is 0 Å². The average molecular weight is 242 g/mol. The zero-order chi connectivity index (χ0) is 12.3. The van der Waals surface area contributed by atoms with Crippen LogP contribution in [0.25, 0.3) is 11.2 Å². The molecule has 0 aliphatic carbocycles. The maximum Gasteiger partial charge on any atom is 0.332 e. The molecule has 0 bridgehead atoms. The van der Waals surface area contributed by atoms with Gasteiger partial charge in [-0.15, -0.1) is 0 Å².